The molecule has 1 atom stereocenters. The van der Waals surface area contributed by atoms with Gasteiger partial charge < -0.3 is 9.84 Å². The van der Waals surface area contributed by atoms with Crippen LogP contribution in [0.4, 0.5) is 4.79 Å². The highest BCUT2D eigenvalue weighted by molar-refractivity contribution is 5.87. The van der Waals surface area contributed by atoms with Crippen LogP contribution in [-0.2, 0) is 14.3 Å². The molecule has 7 heteroatoms. The first kappa shape index (κ1) is 17.1. The third-order valence-corrected chi connectivity index (χ3v) is 5.04. The second-order valence-electron chi connectivity index (χ2n) is 6.68. The van der Waals surface area contributed by atoms with Gasteiger partial charge in [0.25, 0.3) is 0 Å². The van der Waals surface area contributed by atoms with Crippen molar-refractivity contribution in [1.82, 2.24) is 10.4 Å². The van der Waals surface area contributed by atoms with E-state index in [-0.39, 0.29) is 25.5 Å². The number of aliphatic carboxylic acids is 1. The topological polar surface area (TPSA) is 95.9 Å². The van der Waals surface area contributed by atoms with Gasteiger partial charge >= 0.3 is 12.1 Å². The standard InChI is InChI=1S/C20H18N2O5/c23-18-9-12(19(24)25)10-22(18)21-20(26)27-11-17-15-7-3-1-5-13(15)14-6-2-4-8-16(14)17/h1-8,12,17H,9-11H2,(H,21,26)(H,24,25). The Hall–Kier alpha value is -3.35. The molecule has 2 N–H and O–H groups in total. The van der Waals surface area contributed by atoms with E-state index in [1.165, 1.54) is 0 Å². The summed E-state index contributed by atoms with van der Waals surface area (Å²) in [5.74, 6) is -2.38. The van der Waals surface area contributed by atoms with Crippen LogP contribution < -0.4 is 5.43 Å². The van der Waals surface area contributed by atoms with Crippen molar-refractivity contribution in [1.29, 1.82) is 0 Å². The van der Waals surface area contributed by atoms with Crippen LogP contribution in [0.25, 0.3) is 11.1 Å². The van der Waals surface area contributed by atoms with Gasteiger partial charge in [-0.3, -0.25) is 14.6 Å². The van der Waals surface area contributed by atoms with Gasteiger partial charge in [0.1, 0.15) is 6.61 Å². The Labute approximate surface area is 155 Å². The van der Waals surface area contributed by atoms with Crippen LogP contribution in [0.5, 0.6) is 0 Å². The summed E-state index contributed by atoms with van der Waals surface area (Å²) in [4.78, 5) is 34.9. The second kappa shape index (κ2) is 6.75. The average molecular weight is 366 g/mol. The number of amides is 2. The van der Waals surface area contributed by atoms with Crippen LogP contribution in [0.1, 0.15) is 23.5 Å². The lowest BCUT2D eigenvalue weighted by molar-refractivity contribution is -0.141. The number of nitrogens with one attached hydrogen (secondary N) is 1. The summed E-state index contributed by atoms with van der Waals surface area (Å²) >= 11 is 0. The Morgan fingerprint density at radius 1 is 1.07 bits per heavy atom. The maximum Gasteiger partial charge on any atom is 0.426 e. The molecule has 1 saturated heterocycles. The lowest BCUT2D eigenvalue weighted by atomic mass is 9.98. The number of carbonyl (C=O) groups excluding carboxylic acids is 2. The van der Waals surface area contributed by atoms with Crippen LogP contribution in [0.3, 0.4) is 0 Å². The van der Waals surface area contributed by atoms with Gasteiger partial charge in [-0.05, 0) is 22.3 Å². The molecule has 7 nitrogen and oxygen atoms in total. The van der Waals surface area contributed by atoms with Crippen molar-refractivity contribution < 1.29 is 24.2 Å². The van der Waals surface area contributed by atoms with Crippen molar-refractivity contribution in [2.75, 3.05) is 13.2 Å². The quantitative estimate of drug-likeness (QED) is 0.866. The third kappa shape index (κ3) is 3.12. The molecule has 138 valence electrons. The zero-order chi connectivity index (χ0) is 19.0. The highest BCUT2D eigenvalue weighted by Crippen LogP contribution is 2.44. The summed E-state index contributed by atoms with van der Waals surface area (Å²) < 4.78 is 5.35. The molecular formula is C20H18N2O5. The van der Waals surface area contributed by atoms with Crippen molar-refractivity contribution >= 4 is 18.0 Å². The molecule has 2 aromatic rings. The minimum atomic E-state index is -1.06. The van der Waals surface area contributed by atoms with E-state index < -0.39 is 23.9 Å². The van der Waals surface area contributed by atoms with Gasteiger partial charge in [0, 0.05) is 12.3 Å². The van der Waals surface area contributed by atoms with Crippen LogP contribution in [0.15, 0.2) is 48.5 Å². The molecule has 2 aromatic carbocycles. The number of nitrogens with zero attached hydrogens (tertiary/aromatic N) is 1. The Bertz CT molecular complexity index is 881. The first-order valence-corrected chi connectivity index (χ1v) is 8.69. The predicted octanol–water partition coefficient (Wildman–Crippen LogP) is 2.37. The second-order valence-corrected chi connectivity index (χ2v) is 6.68. The molecule has 1 unspecified atom stereocenters. The van der Waals surface area contributed by atoms with Crippen molar-refractivity contribution in [2.45, 2.75) is 12.3 Å². The Kier molecular flexibility index (Phi) is 4.27. The maximum atomic E-state index is 12.1. The minimum Gasteiger partial charge on any atom is -0.481 e. The highest BCUT2D eigenvalue weighted by atomic mass is 16.6. The smallest absolute Gasteiger partial charge is 0.426 e. The summed E-state index contributed by atoms with van der Waals surface area (Å²) in [6, 6.07) is 16.0. The van der Waals surface area contributed by atoms with Crippen LogP contribution in [0, 0.1) is 5.92 Å². The summed E-state index contributed by atoms with van der Waals surface area (Å²) in [5.41, 5.74) is 6.78. The molecule has 0 spiro atoms. The third-order valence-electron chi connectivity index (χ3n) is 5.04. The van der Waals surface area contributed by atoms with Gasteiger partial charge in [0.15, 0.2) is 0 Å². The molecule has 4 rings (SSSR count). The van der Waals surface area contributed by atoms with Gasteiger partial charge in [-0.1, -0.05) is 48.5 Å². The van der Waals surface area contributed by atoms with Crippen LogP contribution in [-0.4, -0.2) is 41.2 Å². The molecule has 27 heavy (non-hydrogen) atoms. The van der Waals surface area contributed by atoms with Crippen molar-refractivity contribution in [3.05, 3.63) is 59.7 Å². The highest BCUT2D eigenvalue weighted by Gasteiger charge is 2.36. The molecule has 0 aromatic heterocycles. The van der Waals surface area contributed by atoms with Crippen molar-refractivity contribution in [3.8, 4) is 11.1 Å². The molecular weight excluding hydrogens is 348 g/mol. The van der Waals surface area contributed by atoms with E-state index in [1.54, 1.807) is 0 Å². The number of hydrogen-bond acceptors (Lipinski definition) is 4. The van der Waals surface area contributed by atoms with Gasteiger partial charge in [-0.2, -0.15) is 0 Å². The maximum absolute atomic E-state index is 12.1. The molecule has 2 aliphatic rings. The van der Waals surface area contributed by atoms with Crippen molar-refractivity contribution in [2.24, 2.45) is 5.92 Å². The van der Waals surface area contributed by atoms with Gasteiger partial charge in [-0.15, -0.1) is 0 Å². The number of carboxylic acids is 1. The fourth-order valence-electron chi connectivity index (χ4n) is 3.72. The fraction of sp³-hybridized carbons (Fsp3) is 0.250. The zero-order valence-corrected chi connectivity index (χ0v) is 14.4. The fourth-order valence-corrected chi connectivity index (χ4v) is 3.72. The SMILES string of the molecule is O=C(NN1CC(C(=O)O)CC1=O)OCC1c2ccccc2-c2ccccc21. The van der Waals surface area contributed by atoms with Crippen LogP contribution in [0.2, 0.25) is 0 Å². The molecule has 1 heterocycles. The summed E-state index contributed by atoms with van der Waals surface area (Å²) in [7, 11) is 0. The normalized spacial score (nSPS) is 18.1. The minimum absolute atomic E-state index is 0.0572. The molecule has 2 amide bonds. The number of hydrazine groups is 1. The first-order valence-electron chi connectivity index (χ1n) is 8.69. The molecule has 1 aliphatic carbocycles. The van der Waals surface area contributed by atoms with E-state index in [1.807, 2.05) is 48.5 Å². The molecule has 1 aliphatic heterocycles. The van der Waals surface area contributed by atoms with Gasteiger partial charge in [-0.25, -0.2) is 10.2 Å². The number of hydrogen-bond donors (Lipinski definition) is 2. The number of benzene rings is 2. The Balaban J connectivity index is 1.43. The number of rotatable bonds is 4. The number of fused-ring (bicyclic) bond motifs is 3. The zero-order valence-electron chi connectivity index (χ0n) is 14.4. The molecule has 0 saturated carbocycles. The van der Waals surface area contributed by atoms with Gasteiger partial charge in [0.2, 0.25) is 5.91 Å². The predicted molar refractivity (Wildman–Crippen MR) is 95.7 cm³/mol. The molecule has 1 fully saturated rings. The number of ether oxygens (including phenoxy) is 1. The molecule has 0 bridgehead atoms. The van der Waals surface area contributed by atoms with E-state index in [2.05, 4.69) is 5.43 Å². The van der Waals surface area contributed by atoms with Crippen molar-refractivity contribution in [3.63, 3.8) is 0 Å². The largest absolute Gasteiger partial charge is 0.481 e. The van der Waals surface area contributed by atoms with Crippen LogP contribution >= 0.6 is 0 Å². The summed E-state index contributed by atoms with van der Waals surface area (Å²) in [5, 5.41) is 10.0. The van der Waals surface area contributed by atoms with E-state index in [4.69, 9.17) is 9.84 Å². The summed E-state index contributed by atoms with van der Waals surface area (Å²) in [6.07, 6.45) is -0.893. The van der Waals surface area contributed by atoms with E-state index in [0.717, 1.165) is 27.3 Å². The number of carboxylic acid groups (broad SMARTS) is 1. The summed E-state index contributed by atoms with van der Waals surface area (Å²) in [6.45, 7) is 0.0720. The van der Waals surface area contributed by atoms with E-state index >= 15 is 0 Å². The monoisotopic (exact) mass is 366 g/mol. The first-order chi connectivity index (χ1) is 13.0. The average Bonchev–Trinajstić information content (AvgIpc) is 3.19. The lowest BCUT2D eigenvalue weighted by Gasteiger charge is -2.19. The Morgan fingerprint density at radius 2 is 1.67 bits per heavy atom. The number of carbonyl (C=O) groups is 3. The van der Waals surface area contributed by atoms with E-state index in [0.29, 0.717) is 0 Å². The Morgan fingerprint density at radius 3 is 2.22 bits per heavy atom. The molecule has 0 radical (unpaired) electrons. The van der Waals surface area contributed by atoms with Gasteiger partial charge in [0.05, 0.1) is 12.5 Å². The van der Waals surface area contributed by atoms with E-state index in [9.17, 15) is 14.4 Å². The lowest BCUT2D eigenvalue weighted by Crippen LogP contribution is -2.44.